The molecule has 3 aromatic rings. The van der Waals surface area contributed by atoms with Crippen molar-refractivity contribution in [2.24, 2.45) is 0 Å². The van der Waals surface area contributed by atoms with Crippen LogP contribution < -0.4 is 10.2 Å². The van der Waals surface area contributed by atoms with Crippen LogP contribution in [0.1, 0.15) is 41.6 Å². The van der Waals surface area contributed by atoms with Crippen molar-refractivity contribution < 1.29 is 4.79 Å². The highest BCUT2D eigenvalue weighted by Gasteiger charge is 2.19. The van der Waals surface area contributed by atoms with E-state index in [0.717, 1.165) is 24.2 Å². The number of nitrogens with one attached hydrogen (secondary N) is 1. The Morgan fingerprint density at radius 1 is 0.929 bits per heavy atom. The molecular weight excluding hydrogens is 346 g/mol. The molecule has 1 fully saturated rings. The van der Waals surface area contributed by atoms with Crippen molar-refractivity contribution in [3.63, 3.8) is 0 Å². The molecule has 1 aliphatic rings. The molecule has 142 valence electrons. The molecule has 1 amide bonds. The van der Waals surface area contributed by atoms with Crippen LogP contribution in [0.2, 0.25) is 0 Å². The maximum atomic E-state index is 12.7. The summed E-state index contributed by atoms with van der Waals surface area (Å²) in [5.74, 6) is -0.0334. The maximum absolute atomic E-state index is 12.7. The molecular formula is C24H25N3O. The Hall–Kier alpha value is -3.14. The van der Waals surface area contributed by atoms with Gasteiger partial charge in [0.2, 0.25) is 0 Å². The van der Waals surface area contributed by atoms with E-state index >= 15 is 0 Å². The van der Waals surface area contributed by atoms with Crippen molar-refractivity contribution in [1.29, 1.82) is 0 Å². The summed E-state index contributed by atoms with van der Waals surface area (Å²) in [5.41, 5.74) is 3.79. The normalized spacial score (nSPS) is 14.0. The van der Waals surface area contributed by atoms with Crippen LogP contribution in [0.4, 0.5) is 11.4 Å². The number of hydrogen-bond acceptors (Lipinski definition) is 3. The molecule has 0 unspecified atom stereocenters. The molecule has 0 atom stereocenters. The van der Waals surface area contributed by atoms with Gasteiger partial charge in [0.15, 0.2) is 0 Å². The Morgan fingerprint density at radius 2 is 1.61 bits per heavy atom. The molecule has 1 saturated carbocycles. The van der Waals surface area contributed by atoms with E-state index in [1.807, 2.05) is 48.7 Å². The van der Waals surface area contributed by atoms with Gasteiger partial charge in [0.1, 0.15) is 0 Å². The molecule has 1 N–H and O–H groups in total. The second-order valence-electron chi connectivity index (χ2n) is 7.29. The number of para-hydroxylation sites is 1. The SMILES string of the molecule is O=C(NC1CCCC1)c1cncc(N(Cc2ccccc2)c2ccccc2)c1. The van der Waals surface area contributed by atoms with Crippen molar-refractivity contribution in [3.05, 3.63) is 90.3 Å². The van der Waals surface area contributed by atoms with Crippen LogP contribution >= 0.6 is 0 Å². The van der Waals surface area contributed by atoms with Crippen LogP contribution in [0.3, 0.4) is 0 Å². The second-order valence-corrected chi connectivity index (χ2v) is 7.29. The molecule has 4 heteroatoms. The number of amides is 1. The largest absolute Gasteiger partial charge is 0.349 e. The van der Waals surface area contributed by atoms with Crippen molar-refractivity contribution in [1.82, 2.24) is 10.3 Å². The van der Waals surface area contributed by atoms with Gasteiger partial charge in [0, 0.05) is 24.5 Å². The molecule has 1 aliphatic carbocycles. The third-order valence-corrected chi connectivity index (χ3v) is 5.24. The summed E-state index contributed by atoms with van der Waals surface area (Å²) in [5, 5.41) is 3.15. The van der Waals surface area contributed by atoms with Crippen LogP contribution in [0.25, 0.3) is 0 Å². The fraction of sp³-hybridized carbons (Fsp3) is 0.250. The summed E-state index contributed by atoms with van der Waals surface area (Å²) < 4.78 is 0. The number of aromatic nitrogens is 1. The zero-order valence-corrected chi connectivity index (χ0v) is 15.9. The van der Waals surface area contributed by atoms with E-state index in [1.54, 1.807) is 6.20 Å². The van der Waals surface area contributed by atoms with Gasteiger partial charge in [-0.1, -0.05) is 61.4 Å². The third kappa shape index (κ3) is 4.39. The van der Waals surface area contributed by atoms with E-state index in [2.05, 4.69) is 39.5 Å². The van der Waals surface area contributed by atoms with E-state index in [9.17, 15) is 4.79 Å². The van der Waals surface area contributed by atoms with E-state index in [0.29, 0.717) is 18.2 Å². The molecule has 0 spiro atoms. The van der Waals surface area contributed by atoms with Crippen LogP contribution in [0.5, 0.6) is 0 Å². The summed E-state index contributed by atoms with van der Waals surface area (Å²) in [6.45, 7) is 0.709. The van der Waals surface area contributed by atoms with Gasteiger partial charge >= 0.3 is 0 Å². The molecule has 4 rings (SSSR count). The number of anilines is 2. The van der Waals surface area contributed by atoms with Gasteiger partial charge in [-0.15, -0.1) is 0 Å². The number of carbonyl (C=O) groups excluding carboxylic acids is 1. The molecule has 0 bridgehead atoms. The van der Waals surface area contributed by atoms with E-state index in [-0.39, 0.29) is 5.91 Å². The number of hydrogen-bond donors (Lipinski definition) is 1. The molecule has 28 heavy (non-hydrogen) atoms. The predicted molar refractivity (Wildman–Crippen MR) is 113 cm³/mol. The molecule has 0 aliphatic heterocycles. The minimum atomic E-state index is -0.0334. The first-order chi connectivity index (χ1) is 13.8. The lowest BCUT2D eigenvalue weighted by atomic mass is 10.1. The van der Waals surface area contributed by atoms with Gasteiger partial charge in [-0.3, -0.25) is 9.78 Å². The average Bonchev–Trinajstić information content (AvgIpc) is 3.26. The van der Waals surface area contributed by atoms with Gasteiger partial charge in [-0.25, -0.2) is 0 Å². The number of rotatable bonds is 6. The first-order valence-electron chi connectivity index (χ1n) is 9.92. The van der Waals surface area contributed by atoms with Crippen LogP contribution in [-0.2, 0) is 6.54 Å². The average molecular weight is 371 g/mol. The zero-order valence-electron chi connectivity index (χ0n) is 15.9. The summed E-state index contributed by atoms with van der Waals surface area (Å²) >= 11 is 0. The Balaban J connectivity index is 1.61. The van der Waals surface area contributed by atoms with E-state index in [4.69, 9.17) is 0 Å². The molecule has 0 radical (unpaired) electrons. The second kappa shape index (κ2) is 8.70. The third-order valence-electron chi connectivity index (χ3n) is 5.24. The standard InChI is InChI=1S/C24H25N3O/c28-24(26-21-11-7-8-12-21)20-15-23(17-25-16-20)27(22-13-5-2-6-14-22)18-19-9-3-1-4-10-19/h1-6,9-10,13-17,21H,7-8,11-12,18H2,(H,26,28). The highest BCUT2D eigenvalue weighted by molar-refractivity contribution is 5.95. The Bertz CT molecular complexity index is 905. The first kappa shape index (κ1) is 18.2. The Morgan fingerprint density at radius 3 is 2.32 bits per heavy atom. The zero-order chi connectivity index (χ0) is 19.2. The van der Waals surface area contributed by atoms with Crippen molar-refractivity contribution in [3.8, 4) is 0 Å². The molecule has 4 nitrogen and oxygen atoms in total. The first-order valence-corrected chi connectivity index (χ1v) is 9.92. The number of carbonyl (C=O) groups is 1. The van der Waals surface area contributed by atoms with Crippen molar-refractivity contribution in [2.45, 2.75) is 38.3 Å². The highest BCUT2D eigenvalue weighted by Crippen LogP contribution is 2.27. The van der Waals surface area contributed by atoms with Gasteiger partial charge in [-0.05, 0) is 36.6 Å². The maximum Gasteiger partial charge on any atom is 0.253 e. The minimum Gasteiger partial charge on any atom is -0.349 e. The predicted octanol–water partition coefficient (Wildman–Crippen LogP) is 5.09. The van der Waals surface area contributed by atoms with Crippen LogP contribution in [0, 0.1) is 0 Å². The monoisotopic (exact) mass is 371 g/mol. The lowest BCUT2D eigenvalue weighted by Gasteiger charge is -2.25. The molecule has 1 heterocycles. The fourth-order valence-corrected chi connectivity index (χ4v) is 3.74. The van der Waals surface area contributed by atoms with Gasteiger partial charge in [0.25, 0.3) is 5.91 Å². The van der Waals surface area contributed by atoms with Gasteiger partial charge < -0.3 is 10.2 Å². The van der Waals surface area contributed by atoms with Crippen LogP contribution in [-0.4, -0.2) is 16.9 Å². The van der Waals surface area contributed by atoms with E-state index < -0.39 is 0 Å². The smallest absolute Gasteiger partial charge is 0.253 e. The number of benzene rings is 2. The lowest BCUT2D eigenvalue weighted by Crippen LogP contribution is -2.32. The van der Waals surface area contributed by atoms with Gasteiger partial charge in [-0.2, -0.15) is 0 Å². The quantitative estimate of drug-likeness (QED) is 0.656. The minimum absolute atomic E-state index is 0.0334. The van der Waals surface area contributed by atoms with Crippen molar-refractivity contribution in [2.75, 3.05) is 4.90 Å². The molecule has 1 aromatic heterocycles. The summed E-state index contributed by atoms with van der Waals surface area (Å²) in [6, 6.07) is 22.8. The summed E-state index contributed by atoms with van der Waals surface area (Å²) in [4.78, 5) is 19.3. The summed E-state index contributed by atoms with van der Waals surface area (Å²) in [7, 11) is 0. The van der Waals surface area contributed by atoms with Crippen molar-refractivity contribution >= 4 is 17.3 Å². The molecule has 2 aromatic carbocycles. The number of nitrogens with zero attached hydrogens (tertiary/aromatic N) is 2. The van der Waals surface area contributed by atoms with Crippen LogP contribution in [0.15, 0.2) is 79.1 Å². The fourth-order valence-electron chi connectivity index (χ4n) is 3.74. The molecule has 0 saturated heterocycles. The topological polar surface area (TPSA) is 45.2 Å². The Kier molecular flexibility index (Phi) is 5.66. The lowest BCUT2D eigenvalue weighted by molar-refractivity contribution is 0.0937. The van der Waals surface area contributed by atoms with Gasteiger partial charge in [0.05, 0.1) is 17.4 Å². The van der Waals surface area contributed by atoms with E-state index in [1.165, 1.54) is 18.4 Å². The highest BCUT2D eigenvalue weighted by atomic mass is 16.1. The number of pyridine rings is 1. The summed E-state index contributed by atoms with van der Waals surface area (Å²) in [6.07, 6.45) is 8.01. The Labute approximate surface area is 166 Å².